The molecule has 1 aliphatic rings. The lowest BCUT2D eigenvalue weighted by Gasteiger charge is -2.28. The maximum absolute atomic E-state index is 12.5. The molecule has 1 aliphatic heterocycles. The van der Waals surface area contributed by atoms with Crippen molar-refractivity contribution in [3.8, 4) is 0 Å². The molecular formula is C16H22ClN3O2. The minimum atomic E-state index is -0.880. The Balaban J connectivity index is 2.02. The summed E-state index contributed by atoms with van der Waals surface area (Å²) >= 11 is 5.84. The van der Waals surface area contributed by atoms with Crippen LogP contribution in [0.1, 0.15) is 30.6 Å². The molecule has 120 valence electrons. The largest absolute Gasteiger partial charge is 0.339 e. The number of amides is 2. The molecular weight excluding hydrogens is 302 g/mol. The maximum atomic E-state index is 12.5. The van der Waals surface area contributed by atoms with Gasteiger partial charge in [-0.25, -0.2) is 0 Å². The Bertz CT molecular complexity index is 552. The number of nitrogens with zero attached hydrogens (tertiary/aromatic N) is 2. The summed E-state index contributed by atoms with van der Waals surface area (Å²) in [5, 5.41) is 0.606. The molecule has 1 aromatic carbocycles. The molecule has 5 nitrogen and oxygen atoms in total. The predicted octanol–water partition coefficient (Wildman–Crippen LogP) is 1.75. The van der Waals surface area contributed by atoms with Crippen molar-refractivity contribution < 1.29 is 9.59 Å². The summed E-state index contributed by atoms with van der Waals surface area (Å²) in [4.78, 5) is 28.3. The normalized spacial score (nSPS) is 16.4. The van der Waals surface area contributed by atoms with E-state index in [1.807, 2.05) is 0 Å². The molecule has 1 heterocycles. The Morgan fingerprint density at radius 2 is 1.59 bits per heavy atom. The van der Waals surface area contributed by atoms with Crippen LogP contribution in [0.25, 0.3) is 0 Å². The fourth-order valence-electron chi connectivity index (χ4n) is 2.51. The van der Waals surface area contributed by atoms with E-state index >= 15 is 0 Å². The van der Waals surface area contributed by atoms with Crippen LogP contribution in [-0.2, 0) is 4.79 Å². The molecule has 1 fully saturated rings. The van der Waals surface area contributed by atoms with Crippen molar-refractivity contribution in [1.82, 2.24) is 9.80 Å². The number of hydrogen-bond acceptors (Lipinski definition) is 3. The lowest BCUT2D eigenvalue weighted by molar-refractivity contribution is -0.135. The second kappa shape index (κ2) is 6.67. The highest BCUT2D eigenvalue weighted by atomic mass is 35.5. The smallest absolute Gasteiger partial charge is 0.253 e. The van der Waals surface area contributed by atoms with Gasteiger partial charge in [0.2, 0.25) is 5.91 Å². The van der Waals surface area contributed by atoms with E-state index < -0.39 is 5.54 Å². The molecule has 0 saturated carbocycles. The Kier molecular flexibility index (Phi) is 5.08. The molecule has 22 heavy (non-hydrogen) atoms. The number of nitrogens with two attached hydrogens (primary N) is 1. The van der Waals surface area contributed by atoms with Crippen LogP contribution in [0.2, 0.25) is 5.02 Å². The Morgan fingerprint density at radius 1 is 1.05 bits per heavy atom. The topological polar surface area (TPSA) is 66.6 Å². The second-order valence-corrected chi connectivity index (χ2v) is 6.60. The van der Waals surface area contributed by atoms with E-state index in [0.29, 0.717) is 36.8 Å². The lowest BCUT2D eigenvalue weighted by atomic mass is 10.1. The summed E-state index contributed by atoms with van der Waals surface area (Å²) in [5.41, 5.74) is 5.61. The molecule has 0 aromatic heterocycles. The maximum Gasteiger partial charge on any atom is 0.253 e. The fourth-order valence-corrected chi connectivity index (χ4v) is 2.63. The van der Waals surface area contributed by atoms with Crippen molar-refractivity contribution >= 4 is 23.4 Å². The Morgan fingerprint density at radius 3 is 2.18 bits per heavy atom. The second-order valence-electron chi connectivity index (χ2n) is 6.17. The molecule has 0 radical (unpaired) electrons. The SMILES string of the molecule is CC(C)(N)C(=O)N1CCCN(C(=O)c2ccc(Cl)cc2)CC1. The number of rotatable bonds is 2. The van der Waals surface area contributed by atoms with E-state index in [-0.39, 0.29) is 11.8 Å². The highest BCUT2D eigenvalue weighted by Crippen LogP contribution is 2.14. The van der Waals surface area contributed by atoms with Gasteiger partial charge in [-0.2, -0.15) is 0 Å². The number of carbonyl (C=O) groups is 2. The van der Waals surface area contributed by atoms with Gasteiger partial charge in [0.25, 0.3) is 5.91 Å². The molecule has 1 saturated heterocycles. The molecule has 0 atom stereocenters. The molecule has 0 spiro atoms. The van der Waals surface area contributed by atoms with Gasteiger partial charge in [-0.3, -0.25) is 9.59 Å². The van der Waals surface area contributed by atoms with Crippen LogP contribution in [0.4, 0.5) is 0 Å². The first-order valence-electron chi connectivity index (χ1n) is 7.42. The van der Waals surface area contributed by atoms with E-state index in [4.69, 9.17) is 17.3 Å². The van der Waals surface area contributed by atoms with Gasteiger partial charge in [0.05, 0.1) is 5.54 Å². The van der Waals surface area contributed by atoms with E-state index in [2.05, 4.69) is 0 Å². The van der Waals surface area contributed by atoms with Crippen LogP contribution in [-0.4, -0.2) is 53.3 Å². The summed E-state index contributed by atoms with van der Waals surface area (Å²) in [5.74, 6) is -0.105. The van der Waals surface area contributed by atoms with E-state index in [1.165, 1.54) is 0 Å². The standard InChI is InChI=1S/C16H22ClN3O2/c1-16(2,18)15(22)20-9-3-8-19(10-11-20)14(21)12-4-6-13(17)7-5-12/h4-7H,3,8-11,18H2,1-2H3. The minimum Gasteiger partial charge on any atom is -0.339 e. The van der Waals surface area contributed by atoms with Crippen molar-refractivity contribution in [2.24, 2.45) is 5.73 Å². The van der Waals surface area contributed by atoms with Gasteiger partial charge in [0.15, 0.2) is 0 Å². The van der Waals surface area contributed by atoms with Crippen LogP contribution in [0.5, 0.6) is 0 Å². The molecule has 0 bridgehead atoms. The van der Waals surface area contributed by atoms with E-state index in [9.17, 15) is 9.59 Å². The quantitative estimate of drug-likeness (QED) is 0.901. The van der Waals surface area contributed by atoms with Crippen molar-refractivity contribution in [2.75, 3.05) is 26.2 Å². The summed E-state index contributed by atoms with van der Waals surface area (Å²) in [6.07, 6.45) is 0.751. The van der Waals surface area contributed by atoms with Gasteiger partial charge in [0.1, 0.15) is 0 Å². The third-order valence-corrected chi connectivity index (χ3v) is 3.96. The Labute approximate surface area is 136 Å². The first-order valence-corrected chi connectivity index (χ1v) is 7.80. The molecule has 1 aromatic rings. The van der Waals surface area contributed by atoms with Gasteiger partial charge >= 0.3 is 0 Å². The van der Waals surface area contributed by atoms with Crippen LogP contribution in [0.3, 0.4) is 0 Å². The molecule has 0 unspecified atom stereocenters. The zero-order chi connectivity index (χ0) is 16.3. The summed E-state index contributed by atoms with van der Waals surface area (Å²) < 4.78 is 0. The van der Waals surface area contributed by atoms with Crippen molar-refractivity contribution in [3.63, 3.8) is 0 Å². The summed E-state index contributed by atoms with van der Waals surface area (Å²) in [6.45, 7) is 5.70. The first-order chi connectivity index (χ1) is 10.3. The van der Waals surface area contributed by atoms with Crippen molar-refractivity contribution in [2.45, 2.75) is 25.8 Å². The first kappa shape index (κ1) is 16.8. The molecule has 2 N–H and O–H groups in total. The zero-order valence-corrected chi connectivity index (χ0v) is 13.8. The molecule has 2 amide bonds. The highest BCUT2D eigenvalue weighted by Gasteiger charge is 2.30. The molecule has 0 aliphatic carbocycles. The van der Waals surface area contributed by atoms with Gasteiger partial charge < -0.3 is 15.5 Å². The van der Waals surface area contributed by atoms with Crippen molar-refractivity contribution in [3.05, 3.63) is 34.9 Å². The van der Waals surface area contributed by atoms with Crippen molar-refractivity contribution in [1.29, 1.82) is 0 Å². The third-order valence-electron chi connectivity index (χ3n) is 3.71. The minimum absolute atomic E-state index is 0.0297. The van der Waals surface area contributed by atoms with E-state index in [0.717, 1.165) is 6.42 Å². The highest BCUT2D eigenvalue weighted by molar-refractivity contribution is 6.30. The van der Waals surface area contributed by atoms with Crippen LogP contribution >= 0.6 is 11.6 Å². The number of benzene rings is 1. The summed E-state index contributed by atoms with van der Waals surface area (Å²) in [6, 6.07) is 6.86. The van der Waals surface area contributed by atoms with Crippen LogP contribution in [0, 0.1) is 0 Å². The van der Waals surface area contributed by atoms with Gasteiger partial charge in [-0.05, 0) is 44.5 Å². The predicted molar refractivity (Wildman–Crippen MR) is 86.8 cm³/mol. The zero-order valence-electron chi connectivity index (χ0n) is 13.0. The van der Waals surface area contributed by atoms with Gasteiger partial charge in [-0.1, -0.05) is 11.6 Å². The monoisotopic (exact) mass is 323 g/mol. The van der Waals surface area contributed by atoms with Crippen LogP contribution < -0.4 is 5.73 Å². The fraction of sp³-hybridized carbons (Fsp3) is 0.500. The number of carbonyl (C=O) groups excluding carboxylic acids is 2. The van der Waals surface area contributed by atoms with E-state index in [1.54, 1.807) is 47.9 Å². The average molecular weight is 324 g/mol. The van der Waals surface area contributed by atoms with Crippen LogP contribution in [0.15, 0.2) is 24.3 Å². The van der Waals surface area contributed by atoms with Gasteiger partial charge in [-0.15, -0.1) is 0 Å². The number of hydrogen-bond donors (Lipinski definition) is 1. The molecule has 2 rings (SSSR count). The number of halogens is 1. The van der Waals surface area contributed by atoms with Gasteiger partial charge in [0, 0.05) is 36.8 Å². The Hall–Kier alpha value is -1.59. The average Bonchev–Trinajstić information content (AvgIpc) is 2.71. The third kappa shape index (κ3) is 3.99. The lowest BCUT2D eigenvalue weighted by Crippen LogP contribution is -2.52. The summed E-state index contributed by atoms with van der Waals surface area (Å²) in [7, 11) is 0. The molecule has 6 heteroatoms.